The van der Waals surface area contributed by atoms with Crippen LogP contribution in [-0.2, 0) is 28.7 Å². The highest BCUT2D eigenvalue weighted by atomic mass is 79.9. The Morgan fingerprint density at radius 3 is 2.43 bits per heavy atom. The predicted octanol–water partition coefficient (Wildman–Crippen LogP) is 4.43. The Hall–Kier alpha value is -3.02. The van der Waals surface area contributed by atoms with Gasteiger partial charge in [-0.15, -0.1) is 0 Å². The number of nitrogens with zero attached hydrogens (tertiary/aromatic N) is 2. The predicted molar refractivity (Wildman–Crippen MR) is 180 cm³/mol. The largest absolute Gasteiger partial charge is 0.463 e. The molecular weight excluding hydrogens is 666 g/mol. The first-order valence-corrected chi connectivity index (χ1v) is 17.4. The summed E-state index contributed by atoms with van der Waals surface area (Å²) >= 11 is 3.63. The van der Waals surface area contributed by atoms with Crippen LogP contribution >= 0.6 is 15.9 Å². The lowest BCUT2D eigenvalue weighted by molar-refractivity contribution is -0.152. The number of hydrogen-bond donors (Lipinski definition) is 2. The fourth-order valence-corrected chi connectivity index (χ4v) is 8.76. The first kappa shape index (κ1) is 35.3. The van der Waals surface area contributed by atoms with Gasteiger partial charge in [0.1, 0.15) is 24.4 Å². The fourth-order valence-electron chi connectivity index (χ4n) is 8.03. The number of ether oxygens (including phenoxy) is 2. The van der Waals surface area contributed by atoms with Crippen molar-refractivity contribution in [2.75, 3.05) is 26.3 Å². The van der Waals surface area contributed by atoms with Gasteiger partial charge in [0.15, 0.2) is 0 Å². The van der Waals surface area contributed by atoms with E-state index in [1.54, 1.807) is 4.90 Å². The maximum Gasteiger partial charge on any atom is 0.306 e. The van der Waals surface area contributed by atoms with Crippen molar-refractivity contribution in [3.63, 3.8) is 0 Å². The van der Waals surface area contributed by atoms with Gasteiger partial charge in [0.25, 0.3) is 0 Å². The molecule has 1 spiro atoms. The van der Waals surface area contributed by atoms with E-state index in [0.29, 0.717) is 30.2 Å². The molecule has 10 nitrogen and oxygen atoms in total. The normalized spacial score (nSPS) is 31.0. The topological polar surface area (TPSA) is 125 Å². The SMILES string of the molecule is CC(C)(C)CC(C)(C)N1C/C=C\CCC(=O)OC[C@@H](c2ccccc2)NC(=O)[C@@H]2[C@H]3O[C@@]4(C=C3Br)[C@H](C1=O)N(CCCCO)C(=O)[C@@H]24. The minimum atomic E-state index is -1.36. The lowest BCUT2D eigenvalue weighted by Gasteiger charge is -2.45. The maximum atomic E-state index is 15.1. The lowest BCUT2D eigenvalue weighted by Crippen LogP contribution is -2.60. The fraction of sp³-hybridized carbons (Fsp3) is 0.611. The van der Waals surface area contributed by atoms with Crippen molar-refractivity contribution in [2.24, 2.45) is 17.3 Å². The van der Waals surface area contributed by atoms with E-state index in [0.717, 1.165) is 5.56 Å². The van der Waals surface area contributed by atoms with Gasteiger partial charge >= 0.3 is 5.97 Å². The average molecular weight is 715 g/mol. The molecule has 0 aromatic heterocycles. The van der Waals surface area contributed by atoms with E-state index in [1.165, 1.54) is 0 Å². The molecular formula is C36H48BrN3O7. The number of aliphatic hydroxyl groups is 1. The van der Waals surface area contributed by atoms with Gasteiger partial charge in [-0.05, 0) is 56.6 Å². The van der Waals surface area contributed by atoms with E-state index >= 15 is 4.79 Å². The summed E-state index contributed by atoms with van der Waals surface area (Å²) in [4.78, 5) is 60.0. The van der Waals surface area contributed by atoms with Gasteiger partial charge in [-0.3, -0.25) is 19.2 Å². The van der Waals surface area contributed by atoms with Crippen molar-refractivity contribution < 1.29 is 33.8 Å². The second kappa shape index (κ2) is 13.8. The Labute approximate surface area is 286 Å². The summed E-state index contributed by atoms with van der Waals surface area (Å²) in [6.45, 7) is 10.9. The van der Waals surface area contributed by atoms with E-state index in [1.807, 2.05) is 67.3 Å². The van der Waals surface area contributed by atoms with Crippen LogP contribution in [0.25, 0.3) is 0 Å². The van der Waals surface area contributed by atoms with Crippen LogP contribution in [0.15, 0.2) is 53.0 Å². The molecule has 1 aromatic rings. The third-order valence-corrected chi connectivity index (χ3v) is 10.3. The molecule has 11 heteroatoms. The zero-order valence-electron chi connectivity index (χ0n) is 28.0. The van der Waals surface area contributed by atoms with Crippen LogP contribution in [0.3, 0.4) is 0 Å². The number of cyclic esters (lactones) is 1. The van der Waals surface area contributed by atoms with Crippen molar-refractivity contribution >= 4 is 39.6 Å². The Kier molecular flexibility index (Phi) is 10.4. The number of carbonyl (C=O) groups is 4. The number of esters is 1. The number of carbonyl (C=O) groups excluding carboxylic acids is 4. The molecule has 0 aliphatic carbocycles. The first-order chi connectivity index (χ1) is 22.2. The summed E-state index contributed by atoms with van der Waals surface area (Å²) in [5.41, 5.74) is -1.33. The smallest absolute Gasteiger partial charge is 0.306 e. The number of allylic oxidation sites excluding steroid dienone is 1. The molecule has 5 bridgehead atoms. The molecule has 0 unspecified atom stereocenters. The van der Waals surface area contributed by atoms with Gasteiger partial charge in [0, 0.05) is 36.1 Å². The van der Waals surface area contributed by atoms with E-state index < -0.39 is 53.0 Å². The van der Waals surface area contributed by atoms with Crippen molar-refractivity contribution in [3.05, 3.63) is 58.6 Å². The molecule has 2 saturated heterocycles. The van der Waals surface area contributed by atoms with Gasteiger partial charge in [-0.1, -0.05) is 79.2 Å². The van der Waals surface area contributed by atoms with Crippen molar-refractivity contribution in [1.29, 1.82) is 0 Å². The van der Waals surface area contributed by atoms with Gasteiger partial charge < -0.3 is 29.7 Å². The van der Waals surface area contributed by atoms with E-state index in [-0.39, 0.29) is 50.0 Å². The Morgan fingerprint density at radius 1 is 1.02 bits per heavy atom. The summed E-state index contributed by atoms with van der Waals surface area (Å²) in [5, 5.41) is 12.6. The van der Waals surface area contributed by atoms with E-state index in [9.17, 15) is 19.5 Å². The van der Waals surface area contributed by atoms with Crippen LogP contribution in [0.5, 0.6) is 0 Å². The van der Waals surface area contributed by atoms with Gasteiger partial charge in [0.05, 0.1) is 17.9 Å². The number of likely N-dealkylation sites (tertiary alicyclic amines) is 1. The number of hydrogen-bond acceptors (Lipinski definition) is 7. The van der Waals surface area contributed by atoms with Crippen molar-refractivity contribution in [1.82, 2.24) is 15.1 Å². The zero-order chi connectivity index (χ0) is 34.1. The minimum absolute atomic E-state index is 0.0365. The van der Waals surface area contributed by atoms with Crippen molar-refractivity contribution in [2.45, 2.75) is 96.1 Å². The third-order valence-electron chi connectivity index (χ3n) is 9.63. The van der Waals surface area contributed by atoms with Gasteiger partial charge in [-0.25, -0.2) is 0 Å². The molecule has 4 aliphatic heterocycles. The molecule has 4 heterocycles. The van der Waals surface area contributed by atoms with Crippen LogP contribution in [-0.4, -0.2) is 88.2 Å². The molecule has 5 rings (SSSR count). The molecule has 2 N–H and O–H groups in total. The van der Waals surface area contributed by atoms with Crippen molar-refractivity contribution in [3.8, 4) is 0 Å². The molecule has 1 aromatic carbocycles. The standard InChI is InChI=1S/C36H48BrN3O7/c1-34(2,3)22-35(4,5)40-18-11-7-10-16-26(42)46-21-25(23-14-8-6-9-15-23)38-31(43)27-28-32(44)39(17-12-13-19-41)30(33(40)45)36(28)20-24(37)29(27)47-36/h6-9,11,14-15,20,25,27-30,41H,10,12-13,16-19,21-22H2,1-5H3,(H,38,43)/b11-7-/t25-,27-,28+,29-,30-,36+/m0/s1. The molecule has 4 aliphatic rings. The monoisotopic (exact) mass is 713 g/mol. The molecule has 3 amide bonds. The highest BCUT2D eigenvalue weighted by molar-refractivity contribution is 9.11. The molecule has 0 radical (unpaired) electrons. The number of unbranched alkanes of at least 4 members (excludes halogenated alkanes) is 1. The molecule has 0 saturated carbocycles. The van der Waals surface area contributed by atoms with E-state index in [4.69, 9.17) is 9.47 Å². The quantitative estimate of drug-likeness (QED) is 0.244. The number of benzene rings is 1. The zero-order valence-corrected chi connectivity index (χ0v) is 29.6. The van der Waals surface area contributed by atoms with E-state index in [2.05, 4.69) is 42.0 Å². The number of amides is 3. The second-order valence-electron chi connectivity index (χ2n) is 15.0. The van der Waals surface area contributed by atoms with Crippen LogP contribution in [0, 0.1) is 17.3 Å². The number of fused-ring (bicyclic) bond motifs is 2. The molecule has 47 heavy (non-hydrogen) atoms. The molecule has 2 fully saturated rings. The average Bonchev–Trinajstić information content (AvgIpc) is 3.58. The Balaban J connectivity index is 1.61. The summed E-state index contributed by atoms with van der Waals surface area (Å²) in [6, 6.07) is 7.60. The van der Waals surface area contributed by atoms with Crippen LogP contribution in [0.2, 0.25) is 0 Å². The first-order valence-electron chi connectivity index (χ1n) is 16.6. The Morgan fingerprint density at radius 2 is 1.74 bits per heavy atom. The summed E-state index contributed by atoms with van der Waals surface area (Å²) in [6.07, 6.45) is 7.07. The second-order valence-corrected chi connectivity index (χ2v) is 15.9. The number of aliphatic hydroxyl groups excluding tert-OH is 1. The molecule has 256 valence electrons. The maximum absolute atomic E-state index is 15.1. The highest BCUT2D eigenvalue weighted by Crippen LogP contribution is 2.59. The van der Waals surface area contributed by atoms with Crippen LogP contribution in [0.1, 0.15) is 78.3 Å². The van der Waals surface area contributed by atoms with Crippen LogP contribution in [0.4, 0.5) is 0 Å². The third kappa shape index (κ3) is 7.08. The molecule has 6 atom stereocenters. The van der Waals surface area contributed by atoms with Gasteiger partial charge in [0.2, 0.25) is 17.7 Å². The Bertz CT molecular complexity index is 1420. The van der Waals surface area contributed by atoms with Crippen LogP contribution < -0.4 is 5.32 Å². The minimum Gasteiger partial charge on any atom is -0.463 e. The summed E-state index contributed by atoms with van der Waals surface area (Å²) in [7, 11) is 0. The summed E-state index contributed by atoms with van der Waals surface area (Å²) < 4.78 is 12.9. The number of rotatable bonds is 7. The lowest BCUT2D eigenvalue weighted by atomic mass is 9.73. The number of nitrogens with one attached hydrogen (secondary N) is 1. The highest BCUT2D eigenvalue weighted by Gasteiger charge is 2.74. The number of halogens is 1. The summed E-state index contributed by atoms with van der Waals surface area (Å²) in [5.74, 6) is -3.23. The van der Waals surface area contributed by atoms with Gasteiger partial charge in [-0.2, -0.15) is 0 Å².